The molecular formula is C17H37N3O3S. The van der Waals surface area contributed by atoms with E-state index >= 15 is 0 Å². The molecule has 0 spiro atoms. The van der Waals surface area contributed by atoms with Crippen molar-refractivity contribution >= 4 is 15.8 Å². The summed E-state index contributed by atoms with van der Waals surface area (Å²) in [6.45, 7) is 11.6. The Morgan fingerprint density at radius 2 is 1.83 bits per heavy atom. The topological polar surface area (TPSA) is 79.8 Å². The molecule has 0 bridgehead atoms. The third-order valence-corrected chi connectivity index (χ3v) is 4.51. The number of aliphatic imine (C=N–C) groups is 1. The fraction of sp³-hybridized carbons (Fsp3) is 0.941. The van der Waals surface area contributed by atoms with Crippen molar-refractivity contribution in [1.82, 2.24) is 10.6 Å². The molecule has 7 heteroatoms. The molecule has 0 fully saturated rings. The Morgan fingerprint density at radius 1 is 1.12 bits per heavy atom. The lowest BCUT2D eigenvalue weighted by molar-refractivity contribution is 0.154. The van der Waals surface area contributed by atoms with E-state index in [1.165, 1.54) is 31.9 Å². The molecule has 0 aliphatic rings. The molecule has 0 saturated carbocycles. The maximum atomic E-state index is 11.0. The first-order chi connectivity index (χ1) is 11.2. The van der Waals surface area contributed by atoms with Crippen LogP contribution in [0, 0.1) is 5.41 Å². The zero-order valence-electron chi connectivity index (χ0n) is 16.2. The van der Waals surface area contributed by atoms with Crippen LogP contribution in [0.3, 0.4) is 0 Å². The van der Waals surface area contributed by atoms with Gasteiger partial charge >= 0.3 is 0 Å². The van der Waals surface area contributed by atoms with E-state index in [0.29, 0.717) is 13.2 Å². The number of unbranched alkanes of at least 4 members (excludes halogenated alkanes) is 2. The summed E-state index contributed by atoms with van der Waals surface area (Å²) in [6, 6.07) is 0. The summed E-state index contributed by atoms with van der Waals surface area (Å²) in [6.07, 6.45) is 6.15. The monoisotopic (exact) mass is 363 g/mol. The highest BCUT2D eigenvalue weighted by Crippen LogP contribution is 2.23. The van der Waals surface area contributed by atoms with Gasteiger partial charge in [-0.2, -0.15) is 0 Å². The maximum absolute atomic E-state index is 11.0. The van der Waals surface area contributed by atoms with Gasteiger partial charge < -0.3 is 15.4 Å². The third kappa shape index (κ3) is 14.8. The first-order valence-corrected chi connectivity index (χ1v) is 11.0. The number of sulfone groups is 1. The molecule has 0 aliphatic heterocycles. The Bertz CT molecular complexity index is 448. The Kier molecular flexibility index (Phi) is 12.1. The van der Waals surface area contributed by atoms with E-state index in [2.05, 4.69) is 36.4 Å². The van der Waals surface area contributed by atoms with E-state index in [1.54, 1.807) is 0 Å². The summed E-state index contributed by atoms with van der Waals surface area (Å²) < 4.78 is 27.3. The van der Waals surface area contributed by atoms with E-state index in [9.17, 15) is 8.42 Å². The van der Waals surface area contributed by atoms with Gasteiger partial charge in [-0.05, 0) is 18.8 Å². The molecule has 2 N–H and O–H groups in total. The number of hydrogen-bond donors (Lipinski definition) is 2. The molecule has 144 valence electrons. The third-order valence-electron chi connectivity index (χ3n) is 3.60. The average molecular weight is 364 g/mol. The van der Waals surface area contributed by atoms with Crippen molar-refractivity contribution in [2.45, 2.75) is 53.4 Å². The molecule has 0 amide bonds. The normalized spacial score (nSPS) is 13.1. The lowest BCUT2D eigenvalue weighted by atomic mass is 9.87. The average Bonchev–Trinajstić information content (AvgIpc) is 2.47. The molecule has 0 aromatic rings. The van der Waals surface area contributed by atoms with Gasteiger partial charge in [0.2, 0.25) is 0 Å². The quantitative estimate of drug-likeness (QED) is 0.298. The maximum Gasteiger partial charge on any atom is 0.191 e. The predicted molar refractivity (Wildman–Crippen MR) is 102 cm³/mol. The summed E-state index contributed by atoms with van der Waals surface area (Å²) in [5.41, 5.74) is 0.198. The van der Waals surface area contributed by atoms with Gasteiger partial charge in [0.05, 0.1) is 19.0 Å². The molecule has 0 aromatic heterocycles. The molecule has 0 heterocycles. The summed E-state index contributed by atoms with van der Waals surface area (Å²) in [4.78, 5) is 4.66. The van der Waals surface area contributed by atoms with Crippen molar-refractivity contribution in [3.63, 3.8) is 0 Å². The molecule has 0 aromatic carbocycles. The molecule has 0 radical (unpaired) electrons. The molecule has 0 atom stereocenters. The minimum atomic E-state index is -2.95. The van der Waals surface area contributed by atoms with Crippen molar-refractivity contribution < 1.29 is 13.2 Å². The predicted octanol–water partition coefficient (Wildman–Crippen LogP) is 2.21. The van der Waals surface area contributed by atoms with Gasteiger partial charge in [-0.1, -0.05) is 40.0 Å². The summed E-state index contributed by atoms with van der Waals surface area (Å²) in [5.74, 6) is 0.848. The van der Waals surface area contributed by atoms with Crippen LogP contribution in [0.5, 0.6) is 0 Å². The van der Waals surface area contributed by atoms with Crippen LogP contribution in [0.15, 0.2) is 4.99 Å². The second-order valence-corrected chi connectivity index (χ2v) is 9.25. The van der Waals surface area contributed by atoms with Gasteiger partial charge in [0, 0.05) is 25.9 Å². The van der Waals surface area contributed by atoms with Crippen molar-refractivity contribution in [2.24, 2.45) is 10.4 Å². The highest BCUT2D eigenvalue weighted by Gasteiger charge is 2.17. The van der Waals surface area contributed by atoms with Gasteiger partial charge in [-0.25, -0.2) is 8.42 Å². The standard InChI is InChI=1S/C17H37N3O3S/c1-6-8-9-10-17(3,4)15-20-16(18-7-2)19-11-12-23-13-14-24(5,21)22/h6-15H2,1-5H3,(H2,18,19,20). The number of guanidine groups is 1. The van der Waals surface area contributed by atoms with Crippen LogP contribution >= 0.6 is 0 Å². The van der Waals surface area contributed by atoms with Crippen LogP contribution in [0.2, 0.25) is 0 Å². The SMILES string of the molecule is CCCCCC(C)(C)CN=C(NCC)NCCOCCS(C)(=O)=O. The second kappa shape index (κ2) is 12.5. The molecular weight excluding hydrogens is 326 g/mol. The summed E-state index contributed by atoms with van der Waals surface area (Å²) in [5, 5.41) is 6.45. The fourth-order valence-electron chi connectivity index (χ4n) is 2.12. The van der Waals surface area contributed by atoms with Gasteiger partial charge in [0.1, 0.15) is 9.84 Å². The van der Waals surface area contributed by atoms with Crippen LogP contribution in [-0.4, -0.2) is 59.2 Å². The summed E-state index contributed by atoms with van der Waals surface area (Å²) in [7, 11) is -2.95. The Morgan fingerprint density at radius 3 is 2.42 bits per heavy atom. The highest BCUT2D eigenvalue weighted by atomic mass is 32.2. The van der Waals surface area contributed by atoms with E-state index in [1.807, 2.05) is 6.92 Å². The lowest BCUT2D eigenvalue weighted by Gasteiger charge is -2.23. The Balaban J connectivity index is 4.14. The molecule has 6 nitrogen and oxygen atoms in total. The van der Waals surface area contributed by atoms with E-state index in [-0.39, 0.29) is 17.8 Å². The van der Waals surface area contributed by atoms with Crippen LogP contribution in [0.4, 0.5) is 0 Å². The van der Waals surface area contributed by atoms with Gasteiger partial charge in [0.15, 0.2) is 5.96 Å². The van der Waals surface area contributed by atoms with Crippen LogP contribution in [0.25, 0.3) is 0 Å². The van der Waals surface area contributed by atoms with E-state index in [4.69, 9.17) is 4.74 Å². The Labute approximate surface area is 148 Å². The smallest absolute Gasteiger partial charge is 0.191 e. The van der Waals surface area contributed by atoms with E-state index in [0.717, 1.165) is 19.0 Å². The molecule has 24 heavy (non-hydrogen) atoms. The van der Waals surface area contributed by atoms with Gasteiger partial charge in [-0.3, -0.25) is 4.99 Å². The van der Waals surface area contributed by atoms with Crippen LogP contribution in [-0.2, 0) is 14.6 Å². The van der Waals surface area contributed by atoms with Crippen molar-refractivity contribution in [3.05, 3.63) is 0 Å². The number of nitrogens with one attached hydrogen (secondary N) is 2. The minimum absolute atomic E-state index is 0.0626. The van der Waals surface area contributed by atoms with Crippen molar-refractivity contribution in [2.75, 3.05) is 44.9 Å². The Hall–Kier alpha value is -0.820. The second-order valence-electron chi connectivity index (χ2n) is 6.99. The highest BCUT2D eigenvalue weighted by molar-refractivity contribution is 7.90. The first-order valence-electron chi connectivity index (χ1n) is 8.98. The zero-order chi connectivity index (χ0) is 18.5. The molecule has 0 rings (SSSR count). The van der Waals surface area contributed by atoms with Crippen LogP contribution in [0.1, 0.15) is 53.4 Å². The van der Waals surface area contributed by atoms with Crippen LogP contribution < -0.4 is 10.6 Å². The number of nitrogens with zero attached hydrogens (tertiary/aromatic N) is 1. The van der Waals surface area contributed by atoms with Crippen molar-refractivity contribution in [3.8, 4) is 0 Å². The molecule has 0 aliphatic carbocycles. The number of hydrogen-bond acceptors (Lipinski definition) is 4. The lowest BCUT2D eigenvalue weighted by Crippen LogP contribution is -2.39. The zero-order valence-corrected chi connectivity index (χ0v) is 17.0. The van der Waals surface area contributed by atoms with Gasteiger partial charge in [0.25, 0.3) is 0 Å². The fourth-order valence-corrected chi connectivity index (χ4v) is 2.54. The first kappa shape index (κ1) is 23.2. The van der Waals surface area contributed by atoms with Gasteiger partial charge in [-0.15, -0.1) is 0 Å². The van der Waals surface area contributed by atoms with Crippen molar-refractivity contribution in [1.29, 1.82) is 0 Å². The molecule has 0 saturated heterocycles. The number of rotatable bonds is 13. The summed E-state index contributed by atoms with van der Waals surface area (Å²) >= 11 is 0. The van der Waals surface area contributed by atoms with E-state index < -0.39 is 9.84 Å². The minimum Gasteiger partial charge on any atom is -0.379 e. The number of ether oxygens (including phenoxy) is 1. The largest absolute Gasteiger partial charge is 0.379 e. The molecule has 0 unspecified atom stereocenters.